The predicted octanol–water partition coefficient (Wildman–Crippen LogP) is 3.54. The van der Waals surface area contributed by atoms with Crippen molar-refractivity contribution in [2.75, 3.05) is 18.5 Å². The Balaban J connectivity index is 1.21. The van der Waals surface area contributed by atoms with Crippen molar-refractivity contribution in [3.8, 4) is 22.8 Å². The van der Waals surface area contributed by atoms with Crippen molar-refractivity contribution in [2.24, 2.45) is 0 Å². The lowest BCUT2D eigenvalue weighted by Crippen LogP contribution is -2.33. The molecule has 0 saturated carbocycles. The van der Waals surface area contributed by atoms with Crippen LogP contribution in [0.1, 0.15) is 40.7 Å². The first kappa shape index (κ1) is 24.7. The van der Waals surface area contributed by atoms with Gasteiger partial charge in [-0.05, 0) is 61.2 Å². The second-order valence-electron chi connectivity index (χ2n) is 9.26. The normalized spacial score (nSPS) is 16.3. The van der Waals surface area contributed by atoms with Crippen LogP contribution < -0.4 is 10.6 Å². The van der Waals surface area contributed by atoms with Gasteiger partial charge >= 0.3 is 0 Å². The molecule has 3 aromatic heterocycles. The molecule has 9 nitrogen and oxygen atoms in total. The Bertz CT molecular complexity index is 1490. The summed E-state index contributed by atoms with van der Waals surface area (Å²) in [6, 6.07) is 12.9. The van der Waals surface area contributed by atoms with E-state index in [9.17, 15) is 14.7 Å². The second-order valence-corrected chi connectivity index (χ2v) is 10.1. The van der Waals surface area contributed by atoms with Crippen molar-refractivity contribution in [3.63, 3.8) is 0 Å². The molecule has 0 fully saturated rings. The molecule has 3 N–H and O–H groups in total. The van der Waals surface area contributed by atoms with Crippen LogP contribution in [0.2, 0.25) is 0 Å². The number of carbonyl (C=O) groups is 2. The SMILES string of the molecule is Cc1nccc(-c2cccc(-c3csc(NC(=O)CNC(=O)c4ccc5c(c4)[C@](C)(CO)CC5)n3)n2)n1. The molecule has 1 aliphatic rings. The highest BCUT2D eigenvalue weighted by molar-refractivity contribution is 7.14. The maximum atomic E-state index is 12.7. The average molecular weight is 515 g/mol. The van der Waals surface area contributed by atoms with E-state index in [0.29, 0.717) is 33.6 Å². The molecule has 0 unspecified atom stereocenters. The zero-order chi connectivity index (χ0) is 26.0. The predicted molar refractivity (Wildman–Crippen MR) is 141 cm³/mol. The monoisotopic (exact) mass is 514 g/mol. The molecule has 0 aliphatic heterocycles. The van der Waals surface area contributed by atoms with Gasteiger partial charge in [0, 0.05) is 22.6 Å². The van der Waals surface area contributed by atoms with Crippen LogP contribution in [0.15, 0.2) is 54.0 Å². The summed E-state index contributed by atoms with van der Waals surface area (Å²) in [5.41, 5.74) is 4.98. The average Bonchev–Trinajstić information content (AvgIpc) is 3.52. The Morgan fingerprint density at radius 1 is 1.05 bits per heavy atom. The lowest BCUT2D eigenvalue weighted by Gasteiger charge is -2.22. The van der Waals surface area contributed by atoms with Crippen molar-refractivity contribution < 1.29 is 14.7 Å². The number of amides is 2. The van der Waals surface area contributed by atoms with Crippen LogP contribution in [-0.2, 0) is 16.6 Å². The number of fused-ring (bicyclic) bond motifs is 1. The van der Waals surface area contributed by atoms with Crippen molar-refractivity contribution in [2.45, 2.75) is 32.1 Å². The van der Waals surface area contributed by atoms with E-state index in [1.54, 1.807) is 18.3 Å². The number of nitrogens with zero attached hydrogens (tertiary/aromatic N) is 4. The summed E-state index contributed by atoms with van der Waals surface area (Å²) in [4.78, 5) is 42.8. The number of anilines is 1. The van der Waals surface area contributed by atoms with Gasteiger partial charge in [-0.2, -0.15) is 0 Å². The molecular formula is C27H26N6O3S. The van der Waals surface area contributed by atoms with E-state index >= 15 is 0 Å². The number of pyridine rings is 1. The maximum Gasteiger partial charge on any atom is 0.251 e. The minimum absolute atomic E-state index is 0.0311. The Hall–Kier alpha value is -4.02. The fourth-order valence-corrected chi connectivity index (χ4v) is 5.12. The lowest BCUT2D eigenvalue weighted by atomic mass is 9.84. The number of aliphatic hydroxyl groups is 1. The smallest absolute Gasteiger partial charge is 0.251 e. The number of aryl methyl sites for hydroxylation is 2. The van der Waals surface area contributed by atoms with Gasteiger partial charge in [-0.3, -0.25) is 9.59 Å². The third-order valence-corrected chi connectivity index (χ3v) is 7.29. The number of rotatable bonds is 7. The fraction of sp³-hybridized carbons (Fsp3) is 0.259. The molecule has 188 valence electrons. The number of carbonyl (C=O) groups excluding carboxylic acids is 2. The molecule has 0 radical (unpaired) electrons. The summed E-state index contributed by atoms with van der Waals surface area (Å²) in [5.74, 6) is -0.0602. The van der Waals surface area contributed by atoms with Gasteiger partial charge in [0.1, 0.15) is 11.5 Å². The van der Waals surface area contributed by atoms with Gasteiger partial charge in [0.2, 0.25) is 5.91 Å². The third-order valence-electron chi connectivity index (χ3n) is 6.53. The summed E-state index contributed by atoms with van der Waals surface area (Å²) in [7, 11) is 0. The van der Waals surface area contributed by atoms with Crippen LogP contribution in [0.4, 0.5) is 5.13 Å². The Morgan fingerprint density at radius 3 is 2.62 bits per heavy atom. The van der Waals surface area contributed by atoms with Crippen molar-refractivity contribution in [1.29, 1.82) is 0 Å². The van der Waals surface area contributed by atoms with Gasteiger partial charge in [0.15, 0.2) is 5.13 Å². The molecule has 0 saturated heterocycles. The fourth-order valence-electron chi connectivity index (χ4n) is 4.40. The minimum Gasteiger partial charge on any atom is -0.395 e. The number of hydrogen-bond donors (Lipinski definition) is 3. The standard InChI is InChI=1S/C27H26N6O3S/c1-16-28-11-9-22(30-16)20-4-3-5-21(31-20)23-14-37-26(32-23)33-24(35)13-29-25(36)18-7-6-17-8-10-27(2,15-34)19(17)12-18/h3-7,9,11-12,14,34H,8,10,13,15H2,1-2H3,(H,29,36)(H,32,33,35)/t27-/m0/s1. The van der Waals surface area contributed by atoms with Crippen LogP contribution >= 0.6 is 11.3 Å². The molecule has 0 bridgehead atoms. The van der Waals surface area contributed by atoms with Gasteiger partial charge < -0.3 is 15.7 Å². The molecule has 1 atom stereocenters. The highest BCUT2D eigenvalue weighted by atomic mass is 32.1. The number of benzene rings is 1. The van der Waals surface area contributed by atoms with Crippen LogP contribution in [0.3, 0.4) is 0 Å². The van der Waals surface area contributed by atoms with Crippen molar-refractivity contribution in [3.05, 3.63) is 76.6 Å². The van der Waals surface area contributed by atoms with Crippen LogP contribution in [-0.4, -0.2) is 50.0 Å². The third kappa shape index (κ3) is 5.25. The van der Waals surface area contributed by atoms with Gasteiger partial charge in [-0.15, -0.1) is 11.3 Å². The molecule has 1 aliphatic carbocycles. The molecule has 4 aromatic rings. The van der Waals surface area contributed by atoms with Crippen molar-refractivity contribution >= 4 is 28.3 Å². The van der Waals surface area contributed by atoms with Crippen LogP contribution in [0.5, 0.6) is 0 Å². The number of thiazole rings is 1. The number of aliphatic hydroxyl groups excluding tert-OH is 1. The molecule has 5 rings (SSSR count). The Kier molecular flexibility index (Phi) is 6.77. The minimum atomic E-state index is -0.381. The topological polar surface area (TPSA) is 130 Å². The van der Waals surface area contributed by atoms with Crippen LogP contribution in [0, 0.1) is 6.92 Å². The van der Waals surface area contributed by atoms with Gasteiger partial charge in [-0.1, -0.05) is 19.1 Å². The summed E-state index contributed by atoms with van der Waals surface area (Å²) >= 11 is 1.28. The Labute approximate surface area is 218 Å². The highest BCUT2D eigenvalue weighted by Gasteiger charge is 2.34. The number of hydrogen-bond acceptors (Lipinski definition) is 8. The van der Waals surface area contributed by atoms with E-state index in [1.807, 2.05) is 49.6 Å². The first-order valence-electron chi connectivity index (χ1n) is 11.9. The van der Waals surface area contributed by atoms with Gasteiger partial charge in [0.25, 0.3) is 5.91 Å². The summed E-state index contributed by atoms with van der Waals surface area (Å²) in [5, 5.41) is 17.4. The highest BCUT2D eigenvalue weighted by Crippen LogP contribution is 2.38. The van der Waals surface area contributed by atoms with Crippen LogP contribution in [0.25, 0.3) is 22.8 Å². The Morgan fingerprint density at radius 2 is 1.84 bits per heavy atom. The summed E-state index contributed by atoms with van der Waals surface area (Å²) < 4.78 is 0. The van der Waals surface area contributed by atoms with Gasteiger partial charge in [-0.25, -0.2) is 19.9 Å². The van der Waals surface area contributed by atoms with E-state index in [0.717, 1.165) is 29.7 Å². The molecule has 10 heteroatoms. The largest absolute Gasteiger partial charge is 0.395 e. The van der Waals surface area contributed by atoms with Gasteiger partial charge in [0.05, 0.1) is 30.2 Å². The van der Waals surface area contributed by atoms with Crippen molar-refractivity contribution in [1.82, 2.24) is 25.3 Å². The molecular weight excluding hydrogens is 488 g/mol. The lowest BCUT2D eigenvalue weighted by molar-refractivity contribution is -0.115. The molecule has 2 amide bonds. The van der Waals surface area contributed by atoms with E-state index in [2.05, 4.69) is 30.6 Å². The summed E-state index contributed by atoms with van der Waals surface area (Å²) in [6.45, 7) is 3.66. The molecule has 3 heterocycles. The van der Waals surface area contributed by atoms with E-state index in [1.165, 1.54) is 11.3 Å². The van der Waals surface area contributed by atoms with E-state index in [4.69, 9.17) is 0 Å². The first-order chi connectivity index (χ1) is 17.8. The molecule has 0 spiro atoms. The quantitative estimate of drug-likeness (QED) is 0.344. The number of nitrogens with one attached hydrogen (secondary N) is 2. The second kappa shape index (κ2) is 10.2. The molecule has 37 heavy (non-hydrogen) atoms. The first-order valence-corrected chi connectivity index (χ1v) is 12.8. The van der Waals surface area contributed by atoms with E-state index in [-0.39, 0.29) is 30.4 Å². The zero-order valence-electron chi connectivity index (χ0n) is 20.5. The zero-order valence-corrected chi connectivity index (χ0v) is 21.3. The molecule has 1 aromatic carbocycles. The summed E-state index contributed by atoms with van der Waals surface area (Å²) in [6.07, 6.45) is 3.42. The maximum absolute atomic E-state index is 12.7. The van der Waals surface area contributed by atoms with E-state index < -0.39 is 0 Å². The number of aromatic nitrogens is 4.